The van der Waals surface area contributed by atoms with Crippen LogP contribution in [0.5, 0.6) is 17.2 Å². The Labute approximate surface area is 158 Å². The van der Waals surface area contributed by atoms with Crippen LogP contribution in [0.2, 0.25) is 0 Å². The fourth-order valence-corrected chi connectivity index (χ4v) is 2.99. The van der Waals surface area contributed by atoms with Crippen LogP contribution in [-0.2, 0) is 4.79 Å². The Balaban J connectivity index is 2.07. The number of likely N-dealkylation sites (tertiary alicyclic amines) is 1. The van der Waals surface area contributed by atoms with Gasteiger partial charge in [-0.25, -0.2) is 0 Å². The van der Waals surface area contributed by atoms with Crippen molar-refractivity contribution in [1.82, 2.24) is 10.2 Å². The zero-order valence-corrected chi connectivity index (χ0v) is 16.3. The summed E-state index contributed by atoms with van der Waals surface area (Å²) in [6.45, 7) is 2.74. The van der Waals surface area contributed by atoms with Gasteiger partial charge in [-0.05, 0) is 31.9 Å². The molecule has 0 aromatic heterocycles. The lowest BCUT2D eigenvalue weighted by atomic mass is 10.0. The van der Waals surface area contributed by atoms with Gasteiger partial charge in [0.1, 0.15) is 5.38 Å². The first kappa shape index (κ1) is 20.2. The lowest BCUT2D eigenvalue weighted by molar-refractivity contribution is -0.121. The zero-order chi connectivity index (χ0) is 19.3. The Morgan fingerprint density at radius 3 is 2.08 bits per heavy atom. The van der Waals surface area contributed by atoms with Crippen molar-refractivity contribution in [2.45, 2.75) is 31.2 Å². The fraction of sp³-hybridized carbons (Fsp3) is 0.556. The van der Waals surface area contributed by atoms with E-state index in [-0.39, 0.29) is 17.9 Å². The van der Waals surface area contributed by atoms with Crippen molar-refractivity contribution in [1.29, 1.82) is 0 Å². The molecule has 1 heterocycles. The molecule has 0 radical (unpaired) electrons. The van der Waals surface area contributed by atoms with Crippen LogP contribution in [0.25, 0.3) is 0 Å². The minimum atomic E-state index is -0.561. The van der Waals surface area contributed by atoms with Crippen LogP contribution in [0.4, 0.5) is 0 Å². The molecule has 1 N–H and O–H groups in total. The van der Waals surface area contributed by atoms with Gasteiger partial charge in [0.25, 0.3) is 5.91 Å². The maximum absolute atomic E-state index is 12.8. The van der Waals surface area contributed by atoms with Crippen molar-refractivity contribution in [2.75, 3.05) is 34.4 Å². The summed E-state index contributed by atoms with van der Waals surface area (Å²) in [5.41, 5.74) is 0.469. The monoisotopic (exact) mass is 384 g/mol. The third kappa shape index (κ3) is 4.52. The summed E-state index contributed by atoms with van der Waals surface area (Å²) >= 11 is 5.78. The Kier molecular flexibility index (Phi) is 6.97. The lowest BCUT2D eigenvalue weighted by Crippen LogP contribution is -2.47. The van der Waals surface area contributed by atoms with Gasteiger partial charge >= 0.3 is 0 Å². The number of hydrogen-bond acceptors (Lipinski definition) is 5. The number of alkyl halides is 1. The molecule has 0 spiro atoms. The highest BCUT2D eigenvalue weighted by Crippen LogP contribution is 2.38. The molecule has 1 unspecified atom stereocenters. The van der Waals surface area contributed by atoms with Crippen molar-refractivity contribution in [3.8, 4) is 17.2 Å². The molecular formula is C18H25ClN2O5. The number of ether oxygens (including phenoxy) is 3. The molecule has 0 aliphatic carbocycles. The number of halogens is 1. The highest BCUT2D eigenvalue weighted by molar-refractivity contribution is 6.30. The van der Waals surface area contributed by atoms with Crippen LogP contribution in [0.3, 0.4) is 0 Å². The number of rotatable bonds is 6. The predicted molar refractivity (Wildman–Crippen MR) is 98.5 cm³/mol. The van der Waals surface area contributed by atoms with Gasteiger partial charge in [-0.3, -0.25) is 9.59 Å². The molecule has 0 bridgehead atoms. The van der Waals surface area contributed by atoms with E-state index in [1.807, 2.05) is 0 Å². The molecule has 2 amide bonds. The van der Waals surface area contributed by atoms with Crippen molar-refractivity contribution in [3.05, 3.63) is 17.7 Å². The highest BCUT2D eigenvalue weighted by Gasteiger charge is 2.27. The summed E-state index contributed by atoms with van der Waals surface area (Å²) in [4.78, 5) is 26.3. The summed E-state index contributed by atoms with van der Waals surface area (Å²) in [5.74, 6) is 1.03. The maximum atomic E-state index is 12.8. The number of nitrogens with one attached hydrogen (secondary N) is 1. The summed E-state index contributed by atoms with van der Waals surface area (Å²) in [6, 6.07) is 3.33. The molecule has 1 fully saturated rings. The summed E-state index contributed by atoms with van der Waals surface area (Å²) < 4.78 is 15.9. The van der Waals surface area contributed by atoms with Crippen LogP contribution in [0, 0.1) is 0 Å². The van der Waals surface area contributed by atoms with Crippen LogP contribution < -0.4 is 19.5 Å². The van der Waals surface area contributed by atoms with Crippen molar-refractivity contribution in [2.24, 2.45) is 0 Å². The number of amides is 2. The van der Waals surface area contributed by atoms with E-state index in [9.17, 15) is 9.59 Å². The van der Waals surface area contributed by atoms with Crippen LogP contribution >= 0.6 is 11.6 Å². The quantitative estimate of drug-likeness (QED) is 0.760. The lowest BCUT2D eigenvalue weighted by Gasteiger charge is -2.32. The van der Waals surface area contributed by atoms with Crippen LogP contribution in [0.1, 0.15) is 30.1 Å². The fourth-order valence-electron chi connectivity index (χ4n) is 2.93. The molecule has 144 valence electrons. The molecule has 1 aromatic rings. The number of piperidine rings is 1. The van der Waals surface area contributed by atoms with Gasteiger partial charge in [0, 0.05) is 24.7 Å². The van der Waals surface area contributed by atoms with E-state index < -0.39 is 5.38 Å². The third-order valence-corrected chi connectivity index (χ3v) is 4.60. The Bertz CT molecular complexity index is 632. The molecule has 1 aliphatic heterocycles. The first-order valence-electron chi connectivity index (χ1n) is 8.45. The van der Waals surface area contributed by atoms with Crippen molar-refractivity contribution in [3.63, 3.8) is 0 Å². The summed E-state index contributed by atoms with van der Waals surface area (Å²) in [6.07, 6.45) is 1.37. The van der Waals surface area contributed by atoms with E-state index in [2.05, 4.69) is 5.32 Å². The normalized spacial score (nSPS) is 16.0. The summed E-state index contributed by atoms with van der Waals surface area (Å²) in [5, 5.41) is 2.34. The number of carbonyl (C=O) groups is 2. The second-order valence-electron chi connectivity index (χ2n) is 6.11. The van der Waals surface area contributed by atoms with Gasteiger partial charge < -0.3 is 24.4 Å². The molecular weight excluding hydrogens is 360 g/mol. The van der Waals surface area contributed by atoms with E-state index in [1.54, 1.807) is 24.0 Å². The molecule has 1 aromatic carbocycles. The molecule has 2 rings (SSSR count). The van der Waals surface area contributed by atoms with Crippen LogP contribution in [0.15, 0.2) is 12.1 Å². The molecule has 1 saturated heterocycles. The van der Waals surface area contributed by atoms with E-state index in [0.29, 0.717) is 48.7 Å². The van der Waals surface area contributed by atoms with Crippen molar-refractivity contribution < 1.29 is 23.8 Å². The SMILES string of the molecule is COc1cc(C(=O)N2CCC(NC(=O)C(C)Cl)CC2)cc(OC)c1OC. The van der Waals surface area contributed by atoms with Gasteiger partial charge in [-0.15, -0.1) is 11.6 Å². The molecule has 0 saturated carbocycles. The minimum Gasteiger partial charge on any atom is -0.493 e. The predicted octanol–water partition coefficient (Wildman–Crippen LogP) is 2.06. The Morgan fingerprint density at radius 2 is 1.65 bits per heavy atom. The second kappa shape index (κ2) is 8.98. The van der Waals surface area contributed by atoms with E-state index in [4.69, 9.17) is 25.8 Å². The Hall–Kier alpha value is -2.15. The van der Waals surface area contributed by atoms with E-state index in [1.165, 1.54) is 21.3 Å². The van der Waals surface area contributed by atoms with E-state index >= 15 is 0 Å². The highest BCUT2D eigenvalue weighted by atomic mass is 35.5. The minimum absolute atomic E-state index is 0.0349. The number of nitrogens with zero attached hydrogens (tertiary/aromatic N) is 1. The van der Waals surface area contributed by atoms with Gasteiger partial charge in [-0.2, -0.15) is 0 Å². The number of carbonyl (C=O) groups excluding carboxylic acids is 2. The third-order valence-electron chi connectivity index (χ3n) is 4.40. The molecule has 1 aliphatic rings. The smallest absolute Gasteiger partial charge is 0.254 e. The van der Waals surface area contributed by atoms with Crippen molar-refractivity contribution >= 4 is 23.4 Å². The zero-order valence-electron chi connectivity index (χ0n) is 15.5. The first-order valence-corrected chi connectivity index (χ1v) is 8.88. The van der Waals surface area contributed by atoms with Gasteiger partial charge in [-0.1, -0.05) is 0 Å². The number of benzene rings is 1. The largest absolute Gasteiger partial charge is 0.493 e. The number of methoxy groups -OCH3 is 3. The van der Waals surface area contributed by atoms with Gasteiger partial charge in [0.2, 0.25) is 11.7 Å². The number of hydrogen-bond donors (Lipinski definition) is 1. The standard InChI is InChI=1S/C18H25ClN2O5/c1-11(19)17(22)20-13-5-7-21(8-6-13)18(23)12-9-14(24-2)16(26-4)15(10-12)25-3/h9-11,13H,5-8H2,1-4H3,(H,20,22). The van der Waals surface area contributed by atoms with Gasteiger partial charge in [0.15, 0.2) is 11.5 Å². The average Bonchev–Trinajstić information content (AvgIpc) is 2.66. The molecule has 26 heavy (non-hydrogen) atoms. The van der Waals surface area contributed by atoms with Crippen LogP contribution in [-0.4, -0.2) is 62.6 Å². The van der Waals surface area contributed by atoms with E-state index in [0.717, 1.165) is 0 Å². The molecule has 1 atom stereocenters. The summed E-state index contributed by atoms with van der Waals surface area (Å²) in [7, 11) is 4.54. The second-order valence-corrected chi connectivity index (χ2v) is 6.76. The first-order chi connectivity index (χ1) is 12.4. The topological polar surface area (TPSA) is 77.1 Å². The Morgan fingerprint density at radius 1 is 1.12 bits per heavy atom. The molecule has 8 heteroatoms. The average molecular weight is 385 g/mol. The maximum Gasteiger partial charge on any atom is 0.254 e. The van der Waals surface area contributed by atoms with Gasteiger partial charge in [0.05, 0.1) is 21.3 Å². The molecule has 7 nitrogen and oxygen atoms in total.